The molecule has 0 spiro atoms. The number of hydrogen-bond donors (Lipinski definition) is 1. The molecule has 0 amide bonds. The average molecular weight is 212 g/mol. The molecule has 88 valence electrons. The van der Waals surface area contributed by atoms with Crippen LogP contribution in [0.25, 0.3) is 0 Å². The van der Waals surface area contributed by atoms with E-state index < -0.39 is 0 Å². The van der Waals surface area contributed by atoms with Gasteiger partial charge in [-0.15, -0.1) is 0 Å². The van der Waals surface area contributed by atoms with Crippen molar-refractivity contribution in [3.8, 4) is 0 Å². The molecule has 1 heterocycles. The fraction of sp³-hybridized carbons (Fsp3) is 1.00. The Kier molecular flexibility index (Phi) is 4.04. The molecule has 4 atom stereocenters. The minimum absolute atomic E-state index is 0.133. The van der Waals surface area contributed by atoms with Crippen LogP contribution in [0.15, 0.2) is 0 Å². The molecule has 1 N–H and O–H groups in total. The summed E-state index contributed by atoms with van der Waals surface area (Å²) in [4.78, 5) is 0. The van der Waals surface area contributed by atoms with Gasteiger partial charge in [0, 0.05) is 6.61 Å². The molecule has 1 saturated carbocycles. The number of rotatable bonds is 2. The van der Waals surface area contributed by atoms with E-state index in [2.05, 4.69) is 6.92 Å². The van der Waals surface area contributed by atoms with Crippen LogP contribution in [0.4, 0.5) is 0 Å². The quantitative estimate of drug-likeness (QED) is 0.762. The van der Waals surface area contributed by atoms with E-state index >= 15 is 0 Å². The van der Waals surface area contributed by atoms with Gasteiger partial charge < -0.3 is 9.84 Å². The van der Waals surface area contributed by atoms with Crippen LogP contribution in [0.3, 0.4) is 0 Å². The average Bonchev–Trinajstić information content (AvgIpc) is 2.29. The van der Waals surface area contributed by atoms with Crippen molar-refractivity contribution in [2.75, 3.05) is 6.61 Å². The molecule has 0 aromatic rings. The van der Waals surface area contributed by atoms with Crippen LogP contribution in [0.1, 0.15) is 51.9 Å². The van der Waals surface area contributed by atoms with E-state index in [1.807, 2.05) is 0 Å². The summed E-state index contributed by atoms with van der Waals surface area (Å²) in [5, 5.41) is 10.3. The fourth-order valence-corrected chi connectivity index (χ4v) is 3.13. The Morgan fingerprint density at radius 1 is 1.13 bits per heavy atom. The summed E-state index contributed by atoms with van der Waals surface area (Å²) in [5.41, 5.74) is 0. The molecule has 1 aliphatic heterocycles. The van der Waals surface area contributed by atoms with Crippen LogP contribution in [0.5, 0.6) is 0 Å². The van der Waals surface area contributed by atoms with Crippen LogP contribution in [0.2, 0.25) is 0 Å². The van der Waals surface area contributed by atoms with Gasteiger partial charge in [0.2, 0.25) is 0 Å². The molecule has 4 unspecified atom stereocenters. The smallest absolute Gasteiger partial charge is 0.0836 e. The lowest BCUT2D eigenvalue weighted by Crippen LogP contribution is -2.39. The van der Waals surface area contributed by atoms with E-state index in [0.29, 0.717) is 5.92 Å². The molecular formula is C13H24O2. The van der Waals surface area contributed by atoms with Crippen molar-refractivity contribution in [1.82, 2.24) is 0 Å². The molecule has 2 fully saturated rings. The summed E-state index contributed by atoms with van der Waals surface area (Å²) in [6, 6.07) is 0. The second-order valence-corrected chi connectivity index (χ2v) is 5.43. The first kappa shape index (κ1) is 11.4. The molecule has 0 radical (unpaired) electrons. The van der Waals surface area contributed by atoms with Gasteiger partial charge in [-0.2, -0.15) is 0 Å². The van der Waals surface area contributed by atoms with E-state index in [1.165, 1.54) is 38.5 Å². The Labute approximate surface area is 93.0 Å². The van der Waals surface area contributed by atoms with Gasteiger partial charge in [-0.1, -0.05) is 19.8 Å². The summed E-state index contributed by atoms with van der Waals surface area (Å²) in [5.74, 6) is 1.29. The molecule has 1 saturated heterocycles. The minimum Gasteiger partial charge on any atom is -0.390 e. The second kappa shape index (κ2) is 5.31. The van der Waals surface area contributed by atoms with E-state index in [9.17, 15) is 5.11 Å². The van der Waals surface area contributed by atoms with Gasteiger partial charge in [-0.05, 0) is 43.9 Å². The lowest BCUT2D eigenvalue weighted by Gasteiger charge is -2.36. The van der Waals surface area contributed by atoms with Gasteiger partial charge >= 0.3 is 0 Å². The lowest BCUT2D eigenvalue weighted by molar-refractivity contribution is -0.0908. The Balaban J connectivity index is 1.85. The highest BCUT2D eigenvalue weighted by Gasteiger charge is 2.32. The predicted octanol–water partition coefficient (Wildman–Crippen LogP) is 2.74. The summed E-state index contributed by atoms with van der Waals surface area (Å²) in [6.07, 6.45) is 8.42. The maximum Gasteiger partial charge on any atom is 0.0836 e. The molecule has 0 aromatic heterocycles. The third-order valence-electron chi connectivity index (χ3n) is 4.06. The van der Waals surface area contributed by atoms with Crippen molar-refractivity contribution in [3.63, 3.8) is 0 Å². The van der Waals surface area contributed by atoms with E-state index in [-0.39, 0.29) is 12.2 Å². The monoisotopic (exact) mass is 212 g/mol. The van der Waals surface area contributed by atoms with Gasteiger partial charge in [-0.3, -0.25) is 0 Å². The fourth-order valence-electron chi connectivity index (χ4n) is 3.13. The van der Waals surface area contributed by atoms with E-state index in [4.69, 9.17) is 4.74 Å². The zero-order valence-corrected chi connectivity index (χ0v) is 9.82. The zero-order chi connectivity index (χ0) is 10.7. The molecule has 2 aliphatic rings. The van der Waals surface area contributed by atoms with Crippen molar-refractivity contribution in [2.45, 2.75) is 64.1 Å². The molecule has 2 heteroatoms. The van der Waals surface area contributed by atoms with Gasteiger partial charge in [0.05, 0.1) is 12.2 Å². The first-order valence-corrected chi connectivity index (χ1v) is 6.57. The molecule has 2 nitrogen and oxygen atoms in total. The Morgan fingerprint density at radius 3 is 2.67 bits per heavy atom. The maximum absolute atomic E-state index is 10.3. The predicted molar refractivity (Wildman–Crippen MR) is 60.7 cm³/mol. The van der Waals surface area contributed by atoms with E-state index in [1.54, 1.807) is 0 Å². The van der Waals surface area contributed by atoms with Crippen molar-refractivity contribution in [1.29, 1.82) is 0 Å². The maximum atomic E-state index is 10.3. The van der Waals surface area contributed by atoms with Gasteiger partial charge in [-0.25, -0.2) is 0 Å². The van der Waals surface area contributed by atoms with Crippen molar-refractivity contribution < 1.29 is 9.84 Å². The largest absolute Gasteiger partial charge is 0.390 e. The number of ether oxygens (including phenoxy) is 1. The van der Waals surface area contributed by atoms with Crippen LogP contribution in [-0.2, 0) is 4.74 Å². The molecule has 2 rings (SSSR count). The Hall–Kier alpha value is -0.0800. The van der Waals surface area contributed by atoms with Crippen molar-refractivity contribution in [3.05, 3.63) is 0 Å². The molecule has 0 aromatic carbocycles. The SMILES string of the molecule is CC1CCCC(C(O)C2CCCCO2)C1. The Bertz CT molecular complexity index is 187. The summed E-state index contributed by atoms with van der Waals surface area (Å²) >= 11 is 0. The van der Waals surface area contributed by atoms with E-state index in [0.717, 1.165) is 18.9 Å². The van der Waals surface area contributed by atoms with Crippen molar-refractivity contribution in [2.24, 2.45) is 11.8 Å². The van der Waals surface area contributed by atoms with Crippen LogP contribution < -0.4 is 0 Å². The highest BCUT2D eigenvalue weighted by Crippen LogP contribution is 2.33. The van der Waals surface area contributed by atoms with Crippen LogP contribution >= 0.6 is 0 Å². The standard InChI is InChI=1S/C13H24O2/c1-10-5-4-6-11(9-10)13(14)12-7-2-3-8-15-12/h10-14H,2-9H2,1H3. The van der Waals surface area contributed by atoms with Crippen LogP contribution in [0, 0.1) is 11.8 Å². The highest BCUT2D eigenvalue weighted by atomic mass is 16.5. The normalized spacial score (nSPS) is 40.0. The topological polar surface area (TPSA) is 29.5 Å². The number of aliphatic hydroxyl groups excluding tert-OH is 1. The highest BCUT2D eigenvalue weighted by molar-refractivity contribution is 4.82. The summed E-state index contributed by atoms with van der Waals surface area (Å²) < 4.78 is 5.68. The third kappa shape index (κ3) is 2.94. The minimum atomic E-state index is -0.201. The first-order chi connectivity index (χ1) is 7.27. The van der Waals surface area contributed by atoms with Gasteiger partial charge in [0.25, 0.3) is 0 Å². The molecule has 15 heavy (non-hydrogen) atoms. The zero-order valence-electron chi connectivity index (χ0n) is 9.82. The number of hydrogen-bond acceptors (Lipinski definition) is 2. The van der Waals surface area contributed by atoms with Crippen molar-refractivity contribution >= 4 is 0 Å². The van der Waals surface area contributed by atoms with Gasteiger partial charge in [0.1, 0.15) is 0 Å². The molecular weight excluding hydrogens is 188 g/mol. The summed E-state index contributed by atoms with van der Waals surface area (Å²) in [6.45, 7) is 3.16. The molecule has 0 bridgehead atoms. The van der Waals surface area contributed by atoms with Gasteiger partial charge in [0.15, 0.2) is 0 Å². The first-order valence-electron chi connectivity index (χ1n) is 6.57. The summed E-state index contributed by atoms with van der Waals surface area (Å²) in [7, 11) is 0. The second-order valence-electron chi connectivity index (χ2n) is 5.43. The Morgan fingerprint density at radius 2 is 2.00 bits per heavy atom. The number of aliphatic hydroxyl groups is 1. The molecule has 1 aliphatic carbocycles. The van der Waals surface area contributed by atoms with Crippen LogP contribution in [-0.4, -0.2) is 23.9 Å². The lowest BCUT2D eigenvalue weighted by atomic mass is 9.77. The third-order valence-corrected chi connectivity index (χ3v) is 4.06.